The molecule has 0 aliphatic carbocycles. The topological polar surface area (TPSA) is 119 Å². The zero-order valence-corrected chi connectivity index (χ0v) is 12.0. The number of aliphatic carboxylic acids is 2. The maximum absolute atomic E-state index is 11.6. The van der Waals surface area contributed by atoms with Crippen LogP contribution in [-0.2, 0) is 9.59 Å². The normalized spacial score (nSPS) is 16.4. The lowest BCUT2D eigenvalue weighted by molar-refractivity contribution is -0.140. The zero-order chi connectivity index (χ0) is 15.7. The van der Waals surface area contributed by atoms with Gasteiger partial charge in [-0.3, -0.25) is 4.79 Å². The fourth-order valence-corrected chi connectivity index (χ4v) is 2.25. The minimum absolute atomic E-state index is 0.133. The number of carboxylic acid groups (broad SMARTS) is 2. The van der Waals surface area contributed by atoms with Gasteiger partial charge in [-0.1, -0.05) is 0 Å². The summed E-state index contributed by atoms with van der Waals surface area (Å²) >= 11 is 0. The molecule has 1 heterocycles. The van der Waals surface area contributed by atoms with Gasteiger partial charge in [0.2, 0.25) is 0 Å². The number of urea groups is 1. The van der Waals surface area contributed by atoms with Gasteiger partial charge >= 0.3 is 18.0 Å². The number of nitrogens with zero attached hydrogens (tertiary/aromatic N) is 1. The summed E-state index contributed by atoms with van der Waals surface area (Å²) in [4.78, 5) is 35.2. The van der Waals surface area contributed by atoms with Crippen molar-refractivity contribution in [1.82, 2.24) is 15.5 Å². The molecule has 0 bridgehead atoms. The van der Waals surface area contributed by atoms with E-state index in [1.54, 1.807) is 0 Å². The molecule has 8 nitrogen and oxygen atoms in total. The van der Waals surface area contributed by atoms with Crippen LogP contribution in [0.1, 0.15) is 32.1 Å². The molecular formula is C13H23N3O5. The molecule has 21 heavy (non-hydrogen) atoms. The van der Waals surface area contributed by atoms with Crippen molar-refractivity contribution in [1.29, 1.82) is 0 Å². The van der Waals surface area contributed by atoms with Gasteiger partial charge in [-0.05, 0) is 45.3 Å². The number of nitrogens with one attached hydrogen (secondary N) is 2. The number of rotatable bonds is 9. The third kappa shape index (κ3) is 7.50. The van der Waals surface area contributed by atoms with E-state index in [0.29, 0.717) is 6.54 Å². The summed E-state index contributed by atoms with van der Waals surface area (Å²) in [6.07, 6.45) is 2.81. The molecule has 8 heteroatoms. The van der Waals surface area contributed by atoms with Crippen molar-refractivity contribution in [2.45, 2.75) is 38.1 Å². The second-order valence-corrected chi connectivity index (χ2v) is 5.13. The van der Waals surface area contributed by atoms with Gasteiger partial charge in [0.1, 0.15) is 6.04 Å². The maximum atomic E-state index is 11.6. The van der Waals surface area contributed by atoms with Crippen LogP contribution in [-0.4, -0.2) is 65.3 Å². The average molecular weight is 301 g/mol. The lowest BCUT2D eigenvalue weighted by Crippen LogP contribution is -2.46. The molecule has 2 amide bonds. The monoisotopic (exact) mass is 301 g/mol. The van der Waals surface area contributed by atoms with Gasteiger partial charge in [-0.2, -0.15) is 0 Å². The summed E-state index contributed by atoms with van der Waals surface area (Å²) in [6.45, 7) is 3.58. The molecule has 0 aromatic carbocycles. The summed E-state index contributed by atoms with van der Waals surface area (Å²) in [7, 11) is 0. The zero-order valence-electron chi connectivity index (χ0n) is 12.0. The standard InChI is InChI=1S/C13H23N3O5/c17-11(18)5-4-10(12(19)20)15-13(21)14-6-3-9-16-7-1-2-8-16/h10H,1-9H2,(H,17,18)(H,19,20)(H2,14,15,21). The number of hydrogen-bond donors (Lipinski definition) is 4. The number of carbonyl (C=O) groups excluding carboxylic acids is 1. The molecule has 1 saturated heterocycles. The van der Waals surface area contributed by atoms with Crippen molar-refractivity contribution in [3.05, 3.63) is 0 Å². The van der Waals surface area contributed by atoms with Gasteiger partial charge in [-0.25, -0.2) is 9.59 Å². The molecule has 4 N–H and O–H groups in total. The van der Waals surface area contributed by atoms with Crippen LogP contribution in [0.5, 0.6) is 0 Å². The highest BCUT2D eigenvalue weighted by atomic mass is 16.4. The molecule has 1 aliphatic heterocycles. The fraction of sp³-hybridized carbons (Fsp3) is 0.769. The highest BCUT2D eigenvalue weighted by Crippen LogP contribution is 2.06. The third-order valence-corrected chi connectivity index (χ3v) is 3.39. The lowest BCUT2D eigenvalue weighted by atomic mass is 10.1. The Balaban J connectivity index is 2.16. The van der Waals surface area contributed by atoms with E-state index >= 15 is 0 Å². The summed E-state index contributed by atoms with van der Waals surface area (Å²) in [6, 6.07) is -1.76. The minimum Gasteiger partial charge on any atom is -0.481 e. The van der Waals surface area contributed by atoms with Gasteiger partial charge in [0.25, 0.3) is 0 Å². The number of carbonyl (C=O) groups is 3. The van der Waals surface area contributed by atoms with Crippen LogP contribution in [0.25, 0.3) is 0 Å². The van der Waals surface area contributed by atoms with E-state index in [-0.39, 0.29) is 12.8 Å². The quantitative estimate of drug-likeness (QED) is 0.448. The van der Waals surface area contributed by atoms with Crippen LogP contribution in [0.15, 0.2) is 0 Å². The Labute approximate surface area is 123 Å². The molecule has 0 saturated carbocycles. The predicted molar refractivity (Wildman–Crippen MR) is 75.1 cm³/mol. The number of likely N-dealkylation sites (tertiary alicyclic amines) is 1. The Morgan fingerprint density at radius 1 is 1.14 bits per heavy atom. The summed E-state index contributed by atoms with van der Waals surface area (Å²) in [5, 5.41) is 22.3. The Hall–Kier alpha value is -1.83. The van der Waals surface area contributed by atoms with Crippen LogP contribution in [0.3, 0.4) is 0 Å². The third-order valence-electron chi connectivity index (χ3n) is 3.39. The molecule has 1 aliphatic rings. The summed E-state index contributed by atoms with van der Waals surface area (Å²) < 4.78 is 0. The Morgan fingerprint density at radius 3 is 2.38 bits per heavy atom. The molecule has 120 valence electrons. The Morgan fingerprint density at radius 2 is 1.81 bits per heavy atom. The molecule has 0 aromatic rings. The first-order valence-corrected chi connectivity index (χ1v) is 7.20. The summed E-state index contributed by atoms with van der Waals surface area (Å²) in [5.74, 6) is -2.32. The lowest BCUT2D eigenvalue weighted by Gasteiger charge is -2.16. The van der Waals surface area contributed by atoms with Crippen LogP contribution in [0.2, 0.25) is 0 Å². The van der Waals surface area contributed by atoms with E-state index in [1.807, 2.05) is 0 Å². The smallest absolute Gasteiger partial charge is 0.326 e. The van der Waals surface area contributed by atoms with Crippen molar-refractivity contribution in [2.75, 3.05) is 26.2 Å². The predicted octanol–water partition coefficient (Wildman–Crippen LogP) is 0.0895. The largest absolute Gasteiger partial charge is 0.481 e. The molecule has 0 spiro atoms. The van der Waals surface area contributed by atoms with Gasteiger partial charge in [0.15, 0.2) is 0 Å². The Bertz CT molecular complexity index is 369. The van der Waals surface area contributed by atoms with E-state index < -0.39 is 24.0 Å². The fourth-order valence-electron chi connectivity index (χ4n) is 2.25. The van der Waals surface area contributed by atoms with Gasteiger partial charge < -0.3 is 25.7 Å². The molecule has 0 aromatic heterocycles. The van der Waals surface area contributed by atoms with Crippen molar-refractivity contribution in [3.8, 4) is 0 Å². The number of carboxylic acids is 2. The minimum atomic E-state index is -1.23. The molecule has 0 radical (unpaired) electrons. The highest BCUT2D eigenvalue weighted by molar-refractivity contribution is 5.82. The van der Waals surface area contributed by atoms with E-state index in [4.69, 9.17) is 10.2 Å². The van der Waals surface area contributed by atoms with E-state index in [9.17, 15) is 14.4 Å². The Kier molecular flexibility index (Phi) is 7.52. The van der Waals surface area contributed by atoms with Crippen LogP contribution in [0, 0.1) is 0 Å². The first kappa shape index (κ1) is 17.2. The van der Waals surface area contributed by atoms with Crippen molar-refractivity contribution in [2.24, 2.45) is 0 Å². The second kappa shape index (κ2) is 9.17. The van der Waals surface area contributed by atoms with Crippen LogP contribution < -0.4 is 10.6 Å². The van der Waals surface area contributed by atoms with Crippen molar-refractivity contribution in [3.63, 3.8) is 0 Å². The second-order valence-electron chi connectivity index (χ2n) is 5.13. The molecule has 1 rings (SSSR count). The van der Waals surface area contributed by atoms with Crippen LogP contribution in [0.4, 0.5) is 4.79 Å². The molecular weight excluding hydrogens is 278 g/mol. The summed E-state index contributed by atoms with van der Waals surface area (Å²) in [5.41, 5.74) is 0. The molecule has 1 fully saturated rings. The molecule has 1 atom stereocenters. The average Bonchev–Trinajstić information content (AvgIpc) is 2.92. The number of hydrogen-bond acceptors (Lipinski definition) is 4. The highest BCUT2D eigenvalue weighted by Gasteiger charge is 2.20. The first-order chi connectivity index (χ1) is 9.99. The molecule has 1 unspecified atom stereocenters. The van der Waals surface area contributed by atoms with E-state index in [0.717, 1.165) is 26.1 Å². The van der Waals surface area contributed by atoms with Gasteiger partial charge in [0.05, 0.1) is 0 Å². The SMILES string of the molecule is O=C(O)CCC(NC(=O)NCCCN1CCCC1)C(=O)O. The van der Waals surface area contributed by atoms with Crippen molar-refractivity contribution < 1.29 is 24.6 Å². The van der Waals surface area contributed by atoms with Crippen LogP contribution >= 0.6 is 0 Å². The van der Waals surface area contributed by atoms with Gasteiger partial charge in [0, 0.05) is 13.0 Å². The van der Waals surface area contributed by atoms with Gasteiger partial charge in [-0.15, -0.1) is 0 Å². The first-order valence-electron chi connectivity index (χ1n) is 7.20. The number of amides is 2. The maximum Gasteiger partial charge on any atom is 0.326 e. The van der Waals surface area contributed by atoms with E-state index in [1.165, 1.54) is 12.8 Å². The van der Waals surface area contributed by atoms with Crippen molar-refractivity contribution >= 4 is 18.0 Å². The van der Waals surface area contributed by atoms with E-state index in [2.05, 4.69) is 15.5 Å².